The zero-order valence-corrected chi connectivity index (χ0v) is 12.2. The van der Waals surface area contributed by atoms with Gasteiger partial charge in [0.15, 0.2) is 0 Å². The highest BCUT2D eigenvalue weighted by atomic mass is 79.9. The van der Waals surface area contributed by atoms with E-state index >= 15 is 0 Å². The van der Waals surface area contributed by atoms with Gasteiger partial charge in [0, 0.05) is 18.4 Å². The van der Waals surface area contributed by atoms with E-state index in [4.69, 9.17) is 17.3 Å². The summed E-state index contributed by atoms with van der Waals surface area (Å²) in [4.78, 5) is 4.22. The molecular formula is C13H13BrClN3. The van der Waals surface area contributed by atoms with Gasteiger partial charge in [0.1, 0.15) is 5.82 Å². The molecule has 0 fully saturated rings. The smallest absolute Gasteiger partial charge is 0.140 e. The van der Waals surface area contributed by atoms with Crippen molar-refractivity contribution in [1.29, 1.82) is 0 Å². The summed E-state index contributed by atoms with van der Waals surface area (Å²) in [5.41, 5.74) is 8.92. The first kappa shape index (κ1) is 13.2. The van der Waals surface area contributed by atoms with Crippen LogP contribution in [0, 0.1) is 6.92 Å². The normalized spacial score (nSPS) is 10.4. The van der Waals surface area contributed by atoms with Gasteiger partial charge in [-0.3, -0.25) is 0 Å². The minimum atomic E-state index is 0.604. The van der Waals surface area contributed by atoms with Gasteiger partial charge in [-0.05, 0) is 46.1 Å². The molecule has 0 saturated heterocycles. The molecule has 0 aliphatic carbocycles. The van der Waals surface area contributed by atoms with E-state index in [0.717, 1.165) is 27.1 Å². The molecule has 0 aliphatic heterocycles. The minimum absolute atomic E-state index is 0.604. The average Bonchev–Trinajstić information content (AvgIpc) is 2.33. The second kappa shape index (κ2) is 5.59. The molecule has 0 aliphatic rings. The molecule has 3 N–H and O–H groups in total. The molecule has 1 heterocycles. The third-order valence-electron chi connectivity index (χ3n) is 2.74. The number of nitrogen functional groups attached to an aromatic ring is 1. The van der Waals surface area contributed by atoms with Gasteiger partial charge in [-0.1, -0.05) is 23.7 Å². The number of hydrogen-bond acceptors (Lipinski definition) is 3. The van der Waals surface area contributed by atoms with Crippen LogP contribution in [0.5, 0.6) is 0 Å². The second-order valence-electron chi connectivity index (χ2n) is 3.97. The average molecular weight is 327 g/mol. The van der Waals surface area contributed by atoms with Crippen LogP contribution in [-0.4, -0.2) is 4.98 Å². The molecule has 1 aromatic carbocycles. The summed E-state index contributed by atoms with van der Waals surface area (Å²) >= 11 is 9.26. The van der Waals surface area contributed by atoms with Crippen LogP contribution in [0.2, 0.25) is 5.02 Å². The summed E-state index contributed by atoms with van der Waals surface area (Å²) in [5.74, 6) is 0.765. The number of anilines is 2. The van der Waals surface area contributed by atoms with Gasteiger partial charge < -0.3 is 11.1 Å². The monoisotopic (exact) mass is 325 g/mol. The lowest BCUT2D eigenvalue weighted by Crippen LogP contribution is -2.04. The summed E-state index contributed by atoms with van der Waals surface area (Å²) in [6.45, 7) is 2.68. The van der Waals surface area contributed by atoms with E-state index in [-0.39, 0.29) is 0 Å². The van der Waals surface area contributed by atoms with Crippen molar-refractivity contribution in [1.82, 2.24) is 4.98 Å². The first-order valence-corrected chi connectivity index (χ1v) is 6.64. The zero-order valence-electron chi connectivity index (χ0n) is 9.87. The molecule has 0 bridgehead atoms. The maximum absolute atomic E-state index is 5.87. The fraction of sp³-hybridized carbons (Fsp3) is 0.154. The second-order valence-corrected chi connectivity index (χ2v) is 5.26. The third kappa shape index (κ3) is 2.94. The Morgan fingerprint density at radius 2 is 2.22 bits per heavy atom. The highest BCUT2D eigenvalue weighted by Gasteiger charge is 2.04. The van der Waals surface area contributed by atoms with E-state index in [1.807, 2.05) is 31.2 Å². The molecule has 2 rings (SSSR count). The number of aromatic nitrogens is 1. The predicted molar refractivity (Wildman–Crippen MR) is 79.9 cm³/mol. The maximum Gasteiger partial charge on any atom is 0.140 e. The van der Waals surface area contributed by atoms with Crippen molar-refractivity contribution in [3.63, 3.8) is 0 Å². The van der Waals surface area contributed by atoms with Gasteiger partial charge >= 0.3 is 0 Å². The van der Waals surface area contributed by atoms with E-state index in [0.29, 0.717) is 11.6 Å². The van der Waals surface area contributed by atoms with E-state index in [9.17, 15) is 0 Å². The van der Waals surface area contributed by atoms with Crippen molar-refractivity contribution in [2.45, 2.75) is 13.5 Å². The number of nitrogens with one attached hydrogen (secondary N) is 1. The molecule has 0 amide bonds. The van der Waals surface area contributed by atoms with Crippen LogP contribution < -0.4 is 11.1 Å². The Kier molecular flexibility index (Phi) is 4.09. The summed E-state index contributed by atoms with van der Waals surface area (Å²) in [5, 5.41) is 3.86. The number of halogens is 2. The molecular weight excluding hydrogens is 314 g/mol. The zero-order chi connectivity index (χ0) is 13.1. The van der Waals surface area contributed by atoms with Crippen molar-refractivity contribution >= 4 is 39.0 Å². The molecule has 2 aromatic rings. The lowest BCUT2D eigenvalue weighted by atomic mass is 10.1. The van der Waals surface area contributed by atoms with Gasteiger partial charge in [0.2, 0.25) is 0 Å². The minimum Gasteiger partial charge on any atom is -0.399 e. The Bertz CT molecular complexity index is 572. The number of pyridine rings is 1. The molecule has 3 nitrogen and oxygen atoms in total. The Hall–Kier alpha value is -1.26. The van der Waals surface area contributed by atoms with E-state index in [1.54, 1.807) is 6.20 Å². The van der Waals surface area contributed by atoms with Gasteiger partial charge in [-0.15, -0.1) is 0 Å². The fourth-order valence-electron chi connectivity index (χ4n) is 1.62. The van der Waals surface area contributed by atoms with Crippen LogP contribution in [0.4, 0.5) is 11.5 Å². The van der Waals surface area contributed by atoms with Crippen LogP contribution in [0.3, 0.4) is 0 Å². The van der Waals surface area contributed by atoms with Crippen LogP contribution in [-0.2, 0) is 6.54 Å². The molecule has 18 heavy (non-hydrogen) atoms. The van der Waals surface area contributed by atoms with Crippen molar-refractivity contribution in [2.24, 2.45) is 0 Å². The molecule has 0 unspecified atom stereocenters. The van der Waals surface area contributed by atoms with Crippen LogP contribution in [0.1, 0.15) is 11.1 Å². The summed E-state index contributed by atoms with van der Waals surface area (Å²) in [6.07, 6.45) is 1.61. The number of hydrogen-bond donors (Lipinski definition) is 2. The summed E-state index contributed by atoms with van der Waals surface area (Å²) < 4.78 is 0.844. The van der Waals surface area contributed by atoms with E-state index in [1.165, 1.54) is 0 Å². The largest absolute Gasteiger partial charge is 0.399 e. The van der Waals surface area contributed by atoms with Gasteiger partial charge in [0.05, 0.1) is 9.50 Å². The van der Waals surface area contributed by atoms with Crippen molar-refractivity contribution in [3.8, 4) is 0 Å². The molecule has 0 spiro atoms. The molecule has 0 saturated carbocycles. The number of nitrogens with two attached hydrogens (primary N) is 1. The summed E-state index contributed by atoms with van der Waals surface area (Å²) in [6, 6.07) is 7.70. The van der Waals surface area contributed by atoms with Crippen LogP contribution in [0.15, 0.2) is 34.9 Å². The number of benzene rings is 1. The Morgan fingerprint density at radius 1 is 1.44 bits per heavy atom. The van der Waals surface area contributed by atoms with Gasteiger partial charge in [-0.2, -0.15) is 0 Å². The maximum atomic E-state index is 5.87. The quantitative estimate of drug-likeness (QED) is 0.838. The fourth-order valence-corrected chi connectivity index (χ4v) is 2.40. The van der Waals surface area contributed by atoms with Gasteiger partial charge in [-0.25, -0.2) is 4.98 Å². The highest BCUT2D eigenvalue weighted by molar-refractivity contribution is 9.10. The number of nitrogens with zero attached hydrogens (tertiary/aromatic N) is 1. The molecule has 5 heteroatoms. The molecule has 94 valence electrons. The lowest BCUT2D eigenvalue weighted by molar-refractivity contribution is 1.09. The first-order chi connectivity index (χ1) is 8.58. The van der Waals surface area contributed by atoms with E-state index in [2.05, 4.69) is 26.2 Å². The molecule has 1 aromatic heterocycles. The van der Waals surface area contributed by atoms with E-state index < -0.39 is 0 Å². The highest BCUT2D eigenvalue weighted by Crippen LogP contribution is 2.24. The Balaban J connectivity index is 2.14. The predicted octanol–water partition coefficient (Wildman–Crippen LogP) is 4.00. The lowest BCUT2D eigenvalue weighted by Gasteiger charge is -2.11. The van der Waals surface area contributed by atoms with Crippen LogP contribution >= 0.6 is 27.5 Å². The Labute approximate surface area is 119 Å². The van der Waals surface area contributed by atoms with Crippen molar-refractivity contribution in [3.05, 3.63) is 51.1 Å². The van der Waals surface area contributed by atoms with Crippen molar-refractivity contribution in [2.75, 3.05) is 11.1 Å². The van der Waals surface area contributed by atoms with Crippen LogP contribution in [0.25, 0.3) is 0 Å². The third-order valence-corrected chi connectivity index (χ3v) is 3.55. The van der Waals surface area contributed by atoms with Crippen molar-refractivity contribution < 1.29 is 0 Å². The standard InChI is InChI=1S/C13H13BrClN3/c1-8-9(3-2-4-12(8)16)6-17-13-11(14)5-10(15)7-18-13/h2-5,7H,6,16H2,1H3,(H,17,18). The topological polar surface area (TPSA) is 50.9 Å². The van der Waals surface area contributed by atoms with Gasteiger partial charge in [0.25, 0.3) is 0 Å². The SMILES string of the molecule is Cc1c(N)cccc1CNc1ncc(Cl)cc1Br. The Morgan fingerprint density at radius 3 is 2.94 bits per heavy atom. The number of rotatable bonds is 3. The first-order valence-electron chi connectivity index (χ1n) is 5.47. The molecule has 0 radical (unpaired) electrons. The summed E-state index contributed by atoms with van der Waals surface area (Å²) in [7, 11) is 0. The molecule has 0 atom stereocenters.